The van der Waals surface area contributed by atoms with Crippen molar-refractivity contribution in [2.24, 2.45) is 0 Å². The maximum absolute atomic E-state index is 12.2. The summed E-state index contributed by atoms with van der Waals surface area (Å²) >= 11 is 0. The summed E-state index contributed by atoms with van der Waals surface area (Å²) in [6.45, 7) is 6.99. The van der Waals surface area contributed by atoms with Gasteiger partial charge in [-0.15, -0.1) is 0 Å². The van der Waals surface area contributed by atoms with E-state index >= 15 is 0 Å². The van der Waals surface area contributed by atoms with Crippen LogP contribution in [0.1, 0.15) is 34.1 Å². The molecule has 0 fully saturated rings. The standard InChI is InChI=1S/C10H22N2O4S/c1-8(2)11(5)17(15,16)12(9(3)4)7-6-10(13)14/h8-9H,6-7H2,1-5H3,(H,13,14). The molecule has 0 spiro atoms. The predicted octanol–water partition coefficient (Wildman–Crippen LogP) is 0.756. The monoisotopic (exact) mass is 266 g/mol. The van der Waals surface area contributed by atoms with Crippen molar-refractivity contribution in [2.75, 3.05) is 13.6 Å². The average Bonchev–Trinajstić information content (AvgIpc) is 2.14. The minimum absolute atomic E-state index is 0.00755. The van der Waals surface area contributed by atoms with Crippen LogP contribution in [0.25, 0.3) is 0 Å². The Hall–Kier alpha value is -0.660. The molecule has 0 aliphatic carbocycles. The maximum atomic E-state index is 12.2. The summed E-state index contributed by atoms with van der Waals surface area (Å²) < 4.78 is 26.8. The van der Waals surface area contributed by atoms with Crippen LogP contribution in [0.4, 0.5) is 0 Å². The van der Waals surface area contributed by atoms with E-state index in [1.807, 2.05) is 0 Å². The van der Waals surface area contributed by atoms with E-state index in [1.165, 1.54) is 15.7 Å². The lowest BCUT2D eigenvalue weighted by molar-refractivity contribution is -0.137. The Bertz CT molecular complexity index is 351. The first-order valence-electron chi connectivity index (χ1n) is 5.57. The number of rotatable bonds is 7. The number of hydrogen-bond acceptors (Lipinski definition) is 3. The molecule has 7 heteroatoms. The molecule has 0 amide bonds. The van der Waals surface area contributed by atoms with Crippen molar-refractivity contribution in [1.82, 2.24) is 8.61 Å². The van der Waals surface area contributed by atoms with E-state index in [4.69, 9.17) is 5.11 Å². The molecule has 0 bridgehead atoms. The molecular formula is C10H22N2O4S. The van der Waals surface area contributed by atoms with Crippen LogP contribution in [-0.2, 0) is 15.0 Å². The third-order valence-electron chi connectivity index (χ3n) is 2.51. The molecule has 0 aromatic heterocycles. The van der Waals surface area contributed by atoms with Gasteiger partial charge in [-0.1, -0.05) is 0 Å². The summed E-state index contributed by atoms with van der Waals surface area (Å²) in [6, 6.07) is -0.424. The Balaban J connectivity index is 4.99. The fraction of sp³-hybridized carbons (Fsp3) is 0.900. The zero-order chi connectivity index (χ0) is 13.8. The molecule has 0 aliphatic heterocycles. The third kappa shape index (κ3) is 4.61. The van der Waals surface area contributed by atoms with Crippen molar-refractivity contribution >= 4 is 16.2 Å². The van der Waals surface area contributed by atoms with Crippen molar-refractivity contribution in [3.63, 3.8) is 0 Å². The van der Waals surface area contributed by atoms with Gasteiger partial charge in [0.2, 0.25) is 0 Å². The number of carboxylic acids is 1. The first-order chi connectivity index (χ1) is 7.60. The molecular weight excluding hydrogens is 244 g/mol. The van der Waals surface area contributed by atoms with Gasteiger partial charge in [-0.3, -0.25) is 4.79 Å². The van der Waals surface area contributed by atoms with E-state index in [0.29, 0.717) is 0 Å². The van der Waals surface area contributed by atoms with Crippen LogP contribution < -0.4 is 0 Å². The van der Waals surface area contributed by atoms with Crippen molar-refractivity contribution in [3.8, 4) is 0 Å². The molecule has 0 aromatic rings. The molecule has 0 radical (unpaired) electrons. The molecule has 6 nitrogen and oxygen atoms in total. The van der Waals surface area contributed by atoms with E-state index in [-0.39, 0.29) is 25.0 Å². The summed E-state index contributed by atoms with van der Waals surface area (Å²) in [5.41, 5.74) is 0. The molecule has 0 saturated carbocycles. The number of carbonyl (C=O) groups is 1. The van der Waals surface area contributed by atoms with Crippen molar-refractivity contribution in [2.45, 2.75) is 46.2 Å². The van der Waals surface area contributed by atoms with Gasteiger partial charge in [-0.05, 0) is 27.7 Å². The van der Waals surface area contributed by atoms with Crippen LogP contribution in [0.2, 0.25) is 0 Å². The Labute approximate surface area is 103 Å². The smallest absolute Gasteiger partial charge is 0.304 e. The second-order valence-electron chi connectivity index (χ2n) is 4.47. The van der Waals surface area contributed by atoms with E-state index < -0.39 is 16.2 Å². The van der Waals surface area contributed by atoms with Crippen LogP contribution in [-0.4, -0.2) is 53.8 Å². The van der Waals surface area contributed by atoms with Gasteiger partial charge in [0.25, 0.3) is 10.2 Å². The van der Waals surface area contributed by atoms with Crippen molar-refractivity contribution < 1.29 is 18.3 Å². The normalized spacial score (nSPS) is 13.0. The van der Waals surface area contributed by atoms with Gasteiger partial charge < -0.3 is 5.11 Å². The Morgan fingerprint density at radius 1 is 1.18 bits per heavy atom. The molecule has 0 unspecified atom stereocenters. The Morgan fingerprint density at radius 2 is 1.65 bits per heavy atom. The van der Waals surface area contributed by atoms with E-state index in [0.717, 1.165) is 0 Å². The Kier molecular flexibility index (Phi) is 6.08. The maximum Gasteiger partial charge on any atom is 0.304 e. The summed E-state index contributed by atoms with van der Waals surface area (Å²) in [5.74, 6) is -1.00. The first kappa shape index (κ1) is 16.3. The molecule has 0 heterocycles. The SMILES string of the molecule is CC(C)N(C)S(=O)(=O)N(CCC(=O)O)C(C)C. The average molecular weight is 266 g/mol. The lowest BCUT2D eigenvalue weighted by Crippen LogP contribution is -2.48. The summed E-state index contributed by atoms with van der Waals surface area (Å²) in [4.78, 5) is 10.5. The topological polar surface area (TPSA) is 77.9 Å². The molecule has 0 aliphatic rings. The lowest BCUT2D eigenvalue weighted by atomic mass is 10.3. The van der Waals surface area contributed by atoms with E-state index in [1.54, 1.807) is 27.7 Å². The fourth-order valence-electron chi connectivity index (χ4n) is 1.28. The highest BCUT2D eigenvalue weighted by Crippen LogP contribution is 2.14. The number of carboxylic acid groups (broad SMARTS) is 1. The second-order valence-corrected chi connectivity index (χ2v) is 6.41. The third-order valence-corrected chi connectivity index (χ3v) is 4.86. The van der Waals surface area contributed by atoms with Crippen LogP contribution in [0.15, 0.2) is 0 Å². The highest BCUT2D eigenvalue weighted by atomic mass is 32.2. The van der Waals surface area contributed by atoms with Crippen molar-refractivity contribution in [1.29, 1.82) is 0 Å². The largest absolute Gasteiger partial charge is 0.481 e. The number of hydrogen-bond donors (Lipinski definition) is 1. The Morgan fingerprint density at radius 3 is 1.94 bits per heavy atom. The fourth-order valence-corrected chi connectivity index (χ4v) is 3.00. The molecule has 0 aromatic carbocycles. The van der Waals surface area contributed by atoms with Gasteiger partial charge in [-0.2, -0.15) is 17.0 Å². The summed E-state index contributed by atoms with van der Waals surface area (Å²) in [7, 11) is -2.10. The second kappa shape index (κ2) is 6.32. The predicted molar refractivity (Wildman–Crippen MR) is 65.9 cm³/mol. The molecule has 102 valence electrons. The first-order valence-corrected chi connectivity index (χ1v) is 6.97. The summed E-state index contributed by atoms with van der Waals surface area (Å²) in [6.07, 6.45) is -0.191. The molecule has 0 atom stereocenters. The lowest BCUT2D eigenvalue weighted by Gasteiger charge is -2.31. The van der Waals surface area contributed by atoms with E-state index in [9.17, 15) is 13.2 Å². The minimum Gasteiger partial charge on any atom is -0.481 e. The van der Waals surface area contributed by atoms with Crippen LogP contribution >= 0.6 is 0 Å². The molecule has 1 N–H and O–H groups in total. The quantitative estimate of drug-likeness (QED) is 0.738. The molecule has 0 saturated heterocycles. The van der Waals surface area contributed by atoms with Crippen molar-refractivity contribution in [3.05, 3.63) is 0 Å². The van der Waals surface area contributed by atoms with Gasteiger partial charge in [0, 0.05) is 25.7 Å². The number of nitrogens with zero attached hydrogens (tertiary/aromatic N) is 2. The zero-order valence-corrected chi connectivity index (χ0v) is 11.9. The highest BCUT2D eigenvalue weighted by Gasteiger charge is 2.30. The van der Waals surface area contributed by atoms with Crippen LogP contribution in [0.3, 0.4) is 0 Å². The molecule has 0 rings (SSSR count). The molecule has 17 heavy (non-hydrogen) atoms. The van der Waals surface area contributed by atoms with Crippen LogP contribution in [0, 0.1) is 0 Å². The van der Waals surface area contributed by atoms with Gasteiger partial charge in [0.15, 0.2) is 0 Å². The van der Waals surface area contributed by atoms with Gasteiger partial charge in [0.05, 0.1) is 6.42 Å². The van der Waals surface area contributed by atoms with Gasteiger partial charge in [-0.25, -0.2) is 0 Å². The van der Waals surface area contributed by atoms with E-state index in [2.05, 4.69) is 0 Å². The highest BCUT2D eigenvalue weighted by molar-refractivity contribution is 7.86. The number of aliphatic carboxylic acids is 1. The summed E-state index contributed by atoms with van der Waals surface area (Å²) in [5, 5.41) is 8.62. The van der Waals surface area contributed by atoms with Gasteiger partial charge >= 0.3 is 5.97 Å². The minimum atomic E-state index is -3.59. The van der Waals surface area contributed by atoms with Gasteiger partial charge in [0.1, 0.15) is 0 Å². The van der Waals surface area contributed by atoms with Crippen LogP contribution in [0.5, 0.6) is 0 Å². The zero-order valence-electron chi connectivity index (χ0n) is 11.0.